The second-order valence-corrected chi connectivity index (χ2v) is 5.87. The normalized spacial score (nSPS) is 20.9. The number of hydrogen-bond acceptors (Lipinski definition) is 1. The van der Waals surface area contributed by atoms with E-state index in [1.807, 2.05) is 30.3 Å². The van der Waals surface area contributed by atoms with Crippen LogP contribution >= 0.6 is 0 Å². The molecule has 2 N–H and O–H groups in total. The molecular formula is C15H18N2O. The molecule has 1 fully saturated rings. The number of benzene rings is 1. The van der Waals surface area contributed by atoms with Gasteiger partial charge in [-0.05, 0) is 29.9 Å². The molecule has 1 unspecified atom stereocenters. The van der Waals surface area contributed by atoms with Crippen LogP contribution in [-0.4, -0.2) is 17.4 Å². The summed E-state index contributed by atoms with van der Waals surface area (Å²) in [5.74, 6) is 0.625. The number of aromatic nitrogens is 1. The Morgan fingerprint density at radius 2 is 2.17 bits per heavy atom. The minimum absolute atomic E-state index is 0.00565. The first-order valence-corrected chi connectivity index (χ1v) is 6.42. The highest BCUT2D eigenvalue weighted by atomic mass is 16.1. The molecule has 1 aromatic heterocycles. The molecule has 0 saturated heterocycles. The molecule has 1 aliphatic carbocycles. The van der Waals surface area contributed by atoms with Crippen molar-refractivity contribution in [2.75, 3.05) is 6.54 Å². The lowest BCUT2D eigenvalue weighted by Gasteiger charge is -2.05. The molecule has 94 valence electrons. The summed E-state index contributed by atoms with van der Waals surface area (Å²) in [5.41, 5.74) is 2.07. The van der Waals surface area contributed by atoms with E-state index in [-0.39, 0.29) is 5.91 Å². The summed E-state index contributed by atoms with van der Waals surface area (Å²) in [6.07, 6.45) is 1.21. The van der Waals surface area contributed by atoms with Gasteiger partial charge in [-0.25, -0.2) is 0 Å². The average Bonchev–Trinajstić information content (AvgIpc) is 2.77. The Morgan fingerprint density at radius 1 is 1.44 bits per heavy atom. The first-order valence-electron chi connectivity index (χ1n) is 6.42. The van der Waals surface area contributed by atoms with E-state index in [0.717, 1.165) is 17.4 Å². The molecule has 1 atom stereocenters. The molecule has 1 aromatic carbocycles. The van der Waals surface area contributed by atoms with Gasteiger partial charge in [0.25, 0.3) is 5.91 Å². The fraction of sp³-hybridized carbons (Fsp3) is 0.400. The minimum Gasteiger partial charge on any atom is -0.351 e. The molecule has 0 bridgehead atoms. The third-order valence-electron chi connectivity index (χ3n) is 4.00. The van der Waals surface area contributed by atoms with E-state index in [4.69, 9.17) is 0 Å². The number of H-pyrrole nitrogens is 1. The van der Waals surface area contributed by atoms with Crippen LogP contribution < -0.4 is 5.32 Å². The summed E-state index contributed by atoms with van der Waals surface area (Å²) in [7, 11) is 0. The lowest BCUT2D eigenvalue weighted by molar-refractivity contribution is 0.0946. The monoisotopic (exact) mass is 242 g/mol. The van der Waals surface area contributed by atoms with Crippen molar-refractivity contribution in [1.82, 2.24) is 10.3 Å². The molecule has 1 aliphatic rings. The zero-order valence-corrected chi connectivity index (χ0v) is 10.8. The van der Waals surface area contributed by atoms with Crippen LogP contribution in [0.15, 0.2) is 30.3 Å². The van der Waals surface area contributed by atoms with Crippen molar-refractivity contribution in [2.24, 2.45) is 11.3 Å². The van der Waals surface area contributed by atoms with E-state index in [1.165, 1.54) is 6.42 Å². The standard InChI is InChI=1S/C15H18N2O/c1-15(2)8-11(15)9-16-14(18)13-7-10-5-3-4-6-12(10)17-13/h3-7,11,17H,8-9H2,1-2H3,(H,16,18). The van der Waals surface area contributed by atoms with Gasteiger partial charge in [0.05, 0.1) is 0 Å². The SMILES string of the molecule is CC1(C)CC1CNC(=O)c1cc2ccccc2[nH]1. The highest BCUT2D eigenvalue weighted by molar-refractivity contribution is 5.97. The number of rotatable bonds is 3. The fourth-order valence-corrected chi connectivity index (χ4v) is 2.43. The minimum atomic E-state index is -0.00565. The van der Waals surface area contributed by atoms with E-state index in [2.05, 4.69) is 24.1 Å². The number of hydrogen-bond donors (Lipinski definition) is 2. The van der Waals surface area contributed by atoms with Crippen LogP contribution in [-0.2, 0) is 0 Å². The maximum absolute atomic E-state index is 12.0. The van der Waals surface area contributed by atoms with Crippen LogP contribution in [0.1, 0.15) is 30.8 Å². The van der Waals surface area contributed by atoms with Gasteiger partial charge in [0, 0.05) is 17.4 Å². The fourth-order valence-electron chi connectivity index (χ4n) is 2.43. The van der Waals surface area contributed by atoms with Gasteiger partial charge in [-0.2, -0.15) is 0 Å². The van der Waals surface area contributed by atoms with Crippen molar-refractivity contribution in [3.63, 3.8) is 0 Å². The van der Waals surface area contributed by atoms with E-state index in [1.54, 1.807) is 0 Å². The topological polar surface area (TPSA) is 44.9 Å². The quantitative estimate of drug-likeness (QED) is 0.854. The Bertz CT molecular complexity index is 564. The zero-order valence-electron chi connectivity index (χ0n) is 10.8. The third-order valence-corrected chi connectivity index (χ3v) is 4.00. The van der Waals surface area contributed by atoms with Crippen molar-refractivity contribution >= 4 is 16.8 Å². The number of carbonyl (C=O) groups is 1. The Labute approximate surface area is 107 Å². The smallest absolute Gasteiger partial charge is 0.267 e. The summed E-state index contributed by atoms with van der Waals surface area (Å²) >= 11 is 0. The van der Waals surface area contributed by atoms with Crippen LogP contribution in [0.3, 0.4) is 0 Å². The average molecular weight is 242 g/mol. The van der Waals surface area contributed by atoms with Crippen LogP contribution in [0.4, 0.5) is 0 Å². The number of amides is 1. The third kappa shape index (κ3) is 2.01. The lowest BCUT2D eigenvalue weighted by atomic mass is 10.1. The Balaban J connectivity index is 1.68. The Kier molecular flexibility index (Phi) is 2.44. The number of para-hydroxylation sites is 1. The summed E-state index contributed by atoms with van der Waals surface area (Å²) < 4.78 is 0. The predicted molar refractivity (Wildman–Crippen MR) is 72.5 cm³/mol. The van der Waals surface area contributed by atoms with E-state index >= 15 is 0 Å². The molecule has 0 spiro atoms. The van der Waals surface area contributed by atoms with Crippen molar-refractivity contribution in [3.8, 4) is 0 Å². The Morgan fingerprint density at radius 3 is 2.83 bits per heavy atom. The highest BCUT2D eigenvalue weighted by Crippen LogP contribution is 2.50. The molecule has 0 radical (unpaired) electrons. The van der Waals surface area contributed by atoms with Crippen LogP contribution in [0.25, 0.3) is 10.9 Å². The van der Waals surface area contributed by atoms with Gasteiger partial charge in [-0.3, -0.25) is 4.79 Å². The highest BCUT2D eigenvalue weighted by Gasteiger charge is 2.45. The molecule has 3 heteroatoms. The van der Waals surface area contributed by atoms with E-state index < -0.39 is 0 Å². The van der Waals surface area contributed by atoms with Crippen molar-refractivity contribution in [2.45, 2.75) is 20.3 Å². The second-order valence-electron chi connectivity index (χ2n) is 5.87. The van der Waals surface area contributed by atoms with Gasteiger partial charge in [-0.1, -0.05) is 32.0 Å². The molecule has 1 saturated carbocycles. The van der Waals surface area contributed by atoms with Gasteiger partial charge in [0.15, 0.2) is 0 Å². The van der Waals surface area contributed by atoms with Gasteiger partial charge < -0.3 is 10.3 Å². The zero-order chi connectivity index (χ0) is 12.8. The maximum atomic E-state index is 12.0. The number of fused-ring (bicyclic) bond motifs is 1. The van der Waals surface area contributed by atoms with Gasteiger partial charge in [0.1, 0.15) is 5.69 Å². The van der Waals surface area contributed by atoms with Gasteiger partial charge in [-0.15, -0.1) is 0 Å². The molecule has 0 aliphatic heterocycles. The number of nitrogens with one attached hydrogen (secondary N) is 2. The Hall–Kier alpha value is -1.77. The van der Waals surface area contributed by atoms with Crippen molar-refractivity contribution in [1.29, 1.82) is 0 Å². The molecule has 2 aromatic rings. The van der Waals surface area contributed by atoms with E-state index in [0.29, 0.717) is 17.0 Å². The van der Waals surface area contributed by atoms with Crippen LogP contribution in [0.5, 0.6) is 0 Å². The maximum Gasteiger partial charge on any atom is 0.267 e. The van der Waals surface area contributed by atoms with Gasteiger partial charge >= 0.3 is 0 Å². The van der Waals surface area contributed by atoms with Crippen LogP contribution in [0, 0.1) is 11.3 Å². The number of carbonyl (C=O) groups excluding carboxylic acids is 1. The van der Waals surface area contributed by atoms with Crippen molar-refractivity contribution in [3.05, 3.63) is 36.0 Å². The largest absolute Gasteiger partial charge is 0.351 e. The van der Waals surface area contributed by atoms with E-state index in [9.17, 15) is 4.79 Å². The summed E-state index contributed by atoms with van der Waals surface area (Å²) in [4.78, 5) is 15.2. The molecule has 1 heterocycles. The molecule has 3 nitrogen and oxygen atoms in total. The van der Waals surface area contributed by atoms with Crippen molar-refractivity contribution < 1.29 is 4.79 Å². The van der Waals surface area contributed by atoms with Crippen LogP contribution in [0.2, 0.25) is 0 Å². The molecule has 1 amide bonds. The first kappa shape index (κ1) is 11.3. The number of aromatic amines is 1. The van der Waals surface area contributed by atoms with Gasteiger partial charge in [0.2, 0.25) is 0 Å². The summed E-state index contributed by atoms with van der Waals surface area (Å²) in [6.45, 7) is 5.26. The molecule has 18 heavy (non-hydrogen) atoms. The summed E-state index contributed by atoms with van der Waals surface area (Å²) in [6, 6.07) is 9.84. The summed E-state index contributed by atoms with van der Waals surface area (Å²) in [5, 5.41) is 4.09. The first-order chi connectivity index (χ1) is 8.56. The second kappa shape index (κ2) is 3.87. The molecule has 3 rings (SSSR count). The predicted octanol–water partition coefficient (Wildman–Crippen LogP) is 2.94. The molecular weight excluding hydrogens is 224 g/mol. The lowest BCUT2D eigenvalue weighted by Crippen LogP contribution is -2.26.